The second-order valence-corrected chi connectivity index (χ2v) is 10.2. The molecule has 0 spiro atoms. The van der Waals surface area contributed by atoms with Crippen molar-refractivity contribution in [2.75, 3.05) is 0 Å². The molecule has 1 heteroatoms. The van der Waals surface area contributed by atoms with Crippen molar-refractivity contribution in [1.29, 1.82) is 0 Å². The van der Waals surface area contributed by atoms with Crippen LogP contribution in [0.15, 0.2) is 22.9 Å². The fourth-order valence-corrected chi connectivity index (χ4v) is 6.86. The van der Waals surface area contributed by atoms with Crippen molar-refractivity contribution in [2.24, 2.45) is 5.92 Å². The SMILES string of the molecule is CCCCCC1C=CC([SiH2]c2c(C)c(C)c(C)c(C)c2C)=C1CCCC. The Morgan fingerprint density at radius 2 is 1.35 bits per heavy atom. The maximum absolute atomic E-state index is 2.54. The third-order valence-electron chi connectivity index (χ3n) is 6.83. The topological polar surface area (TPSA) is 0 Å². The molecule has 0 radical (unpaired) electrons. The molecule has 1 aliphatic carbocycles. The standard InChI is InChI=1S/C25H40Si/c1-8-10-12-13-22-15-16-24(23(22)14-11-9-2)26-25-20(6)18(4)17(3)19(5)21(25)7/h15-16,22H,8-14,26H2,1-7H3. The number of unbranched alkanes of at least 4 members (excludes halogenated alkanes) is 3. The first-order valence-corrected chi connectivity index (χ1v) is 12.3. The molecule has 26 heavy (non-hydrogen) atoms. The molecule has 1 aromatic carbocycles. The number of hydrogen-bond acceptors (Lipinski definition) is 0. The van der Waals surface area contributed by atoms with Gasteiger partial charge in [-0.05, 0) is 87.6 Å². The van der Waals surface area contributed by atoms with E-state index in [-0.39, 0.29) is 0 Å². The van der Waals surface area contributed by atoms with Gasteiger partial charge in [0.2, 0.25) is 0 Å². The van der Waals surface area contributed by atoms with Crippen LogP contribution < -0.4 is 5.19 Å². The van der Waals surface area contributed by atoms with E-state index in [1.165, 1.54) is 61.6 Å². The molecule has 0 bridgehead atoms. The van der Waals surface area contributed by atoms with Gasteiger partial charge in [0, 0.05) is 0 Å². The highest BCUT2D eigenvalue weighted by molar-refractivity contribution is 6.63. The van der Waals surface area contributed by atoms with Crippen molar-refractivity contribution in [1.82, 2.24) is 0 Å². The van der Waals surface area contributed by atoms with E-state index in [0.29, 0.717) is 0 Å². The van der Waals surface area contributed by atoms with Crippen LogP contribution in [0.25, 0.3) is 0 Å². The minimum Gasteiger partial charge on any atom is -0.0775 e. The number of benzene rings is 1. The van der Waals surface area contributed by atoms with Crippen LogP contribution in [0.3, 0.4) is 0 Å². The first-order valence-electron chi connectivity index (χ1n) is 10.9. The zero-order valence-electron chi connectivity index (χ0n) is 18.4. The molecule has 0 saturated carbocycles. The van der Waals surface area contributed by atoms with Crippen LogP contribution in [0.4, 0.5) is 0 Å². The highest BCUT2D eigenvalue weighted by Crippen LogP contribution is 2.33. The van der Waals surface area contributed by atoms with Crippen LogP contribution in [0, 0.1) is 40.5 Å². The van der Waals surface area contributed by atoms with E-state index in [1.807, 2.05) is 5.57 Å². The quantitative estimate of drug-likeness (QED) is 0.358. The zero-order valence-corrected chi connectivity index (χ0v) is 19.8. The highest BCUT2D eigenvalue weighted by atomic mass is 28.2. The molecule has 1 aliphatic rings. The zero-order chi connectivity index (χ0) is 19.3. The Hall–Kier alpha value is -1.08. The van der Waals surface area contributed by atoms with Crippen LogP contribution in [0.1, 0.15) is 86.6 Å². The summed E-state index contributed by atoms with van der Waals surface area (Å²) in [6, 6.07) is 0. The molecule has 0 aromatic heterocycles. The van der Waals surface area contributed by atoms with Crippen molar-refractivity contribution in [3.63, 3.8) is 0 Å². The van der Waals surface area contributed by atoms with Gasteiger partial charge in [0.15, 0.2) is 0 Å². The van der Waals surface area contributed by atoms with Gasteiger partial charge < -0.3 is 0 Å². The van der Waals surface area contributed by atoms with E-state index in [9.17, 15) is 0 Å². The van der Waals surface area contributed by atoms with Gasteiger partial charge in [0.05, 0.1) is 9.52 Å². The third kappa shape index (κ3) is 4.60. The van der Waals surface area contributed by atoms with Crippen molar-refractivity contribution in [3.05, 3.63) is 50.7 Å². The molecular formula is C25H40Si. The van der Waals surface area contributed by atoms with Crippen LogP contribution in [0.2, 0.25) is 0 Å². The molecule has 1 unspecified atom stereocenters. The van der Waals surface area contributed by atoms with E-state index >= 15 is 0 Å². The van der Waals surface area contributed by atoms with E-state index in [1.54, 1.807) is 21.5 Å². The molecule has 0 amide bonds. The number of hydrogen-bond donors (Lipinski definition) is 0. The Kier molecular flexibility index (Phi) is 7.95. The predicted octanol–water partition coefficient (Wildman–Crippen LogP) is 6.23. The Balaban J connectivity index is 2.33. The van der Waals surface area contributed by atoms with Crippen molar-refractivity contribution >= 4 is 14.7 Å². The minimum atomic E-state index is -0.394. The van der Waals surface area contributed by atoms with Crippen LogP contribution >= 0.6 is 0 Å². The summed E-state index contributed by atoms with van der Waals surface area (Å²) in [5, 5.41) is 3.47. The summed E-state index contributed by atoms with van der Waals surface area (Å²) < 4.78 is 0. The number of allylic oxidation sites excluding steroid dienone is 4. The Morgan fingerprint density at radius 3 is 1.92 bits per heavy atom. The average Bonchev–Trinajstić information content (AvgIpc) is 3.02. The average molecular weight is 369 g/mol. The lowest BCUT2D eigenvalue weighted by molar-refractivity contribution is 0.575. The monoisotopic (exact) mass is 368 g/mol. The summed E-state index contributed by atoms with van der Waals surface area (Å²) in [4.78, 5) is 0. The molecule has 0 saturated heterocycles. The van der Waals surface area contributed by atoms with Crippen LogP contribution in [-0.4, -0.2) is 9.52 Å². The van der Waals surface area contributed by atoms with Crippen molar-refractivity contribution in [2.45, 2.75) is 93.4 Å². The molecule has 1 atom stereocenters. The molecule has 2 rings (SSSR count). The van der Waals surface area contributed by atoms with E-state index in [4.69, 9.17) is 0 Å². The lowest BCUT2D eigenvalue weighted by Crippen LogP contribution is -2.26. The van der Waals surface area contributed by atoms with E-state index < -0.39 is 9.52 Å². The second-order valence-electron chi connectivity index (χ2n) is 8.40. The molecule has 0 heterocycles. The fraction of sp³-hybridized carbons (Fsp3) is 0.600. The number of rotatable bonds is 9. The third-order valence-corrected chi connectivity index (χ3v) is 9.32. The summed E-state index contributed by atoms with van der Waals surface area (Å²) in [7, 11) is -0.394. The summed E-state index contributed by atoms with van der Waals surface area (Å²) in [5.74, 6) is 0.740. The van der Waals surface area contributed by atoms with Gasteiger partial charge in [0.1, 0.15) is 0 Å². The van der Waals surface area contributed by atoms with Gasteiger partial charge in [-0.3, -0.25) is 0 Å². The Morgan fingerprint density at radius 1 is 0.769 bits per heavy atom. The Bertz CT molecular complexity index is 662. The van der Waals surface area contributed by atoms with Crippen molar-refractivity contribution in [3.8, 4) is 0 Å². The van der Waals surface area contributed by atoms with Crippen LogP contribution in [0.5, 0.6) is 0 Å². The summed E-state index contributed by atoms with van der Waals surface area (Å²) in [6.45, 7) is 16.3. The summed E-state index contributed by atoms with van der Waals surface area (Å²) >= 11 is 0. The van der Waals surface area contributed by atoms with Crippen molar-refractivity contribution < 1.29 is 0 Å². The van der Waals surface area contributed by atoms with Gasteiger partial charge in [-0.2, -0.15) is 0 Å². The minimum absolute atomic E-state index is 0.394. The normalized spacial score (nSPS) is 17.3. The van der Waals surface area contributed by atoms with Gasteiger partial charge in [0.25, 0.3) is 0 Å². The van der Waals surface area contributed by atoms with E-state index in [2.05, 4.69) is 60.6 Å². The lowest BCUT2D eigenvalue weighted by atomic mass is 9.92. The highest BCUT2D eigenvalue weighted by Gasteiger charge is 2.22. The molecule has 144 valence electrons. The molecule has 0 aliphatic heterocycles. The molecule has 0 N–H and O–H groups in total. The van der Waals surface area contributed by atoms with Gasteiger partial charge in [-0.25, -0.2) is 0 Å². The molecular weight excluding hydrogens is 328 g/mol. The first-order chi connectivity index (χ1) is 12.4. The summed E-state index contributed by atoms with van der Waals surface area (Å²) in [6.07, 6.45) is 14.5. The first kappa shape index (κ1) is 21.2. The fourth-order valence-electron chi connectivity index (χ4n) is 4.50. The Labute approximate surface area is 165 Å². The lowest BCUT2D eigenvalue weighted by Gasteiger charge is -2.20. The van der Waals surface area contributed by atoms with Crippen LogP contribution in [-0.2, 0) is 0 Å². The predicted molar refractivity (Wildman–Crippen MR) is 122 cm³/mol. The smallest absolute Gasteiger partial charge is 0.0775 e. The maximum atomic E-state index is 2.54. The van der Waals surface area contributed by atoms with Gasteiger partial charge in [-0.1, -0.05) is 67.6 Å². The van der Waals surface area contributed by atoms with Gasteiger partial charge in [-0.15, -0.1) is 0 Å². The molecule has 0 fully saturated rings. The maximum Gasteiger partial charge on any atom is 0.0881 e. The largest absolute Gasteiger partial charge is 0.0881 e. The van der Waals surface area contributed by atoms with E-state index in [0.717, 1.165) is 5.92 Å². The van der Waals surface area contributed by atoms with Gasteiger partial charge >= 0.3 is 0 Å². The summed E-state index contributed by atoms with van der Waals surface area (Å²) in [5.41, 5.74) is 9.49. The molecule has 1 aromatic rings. The molecule has 0 nitrogen and oxygen atoms in total. The second kappa shape index (κ2) is 9.74.